The van der Waals surface area contributed by atoms with Crippen LogP contribution in [0.4, 0.5) is 34.1 Å². The van der Waals surface area contributed by atoms with Crippen LogP contribution in [0.5, 0.6) is 0 Å². The van der Waals surface area contributed by atoms with E-state index in [2.05, 4.69) is 386 Å². The second kappa shape index (κ2) is 22.2. The highest BCUT2D eigenvalue weighted by Gasteiger charge is 2.39. The first-order valence-corrected chi connectivity index (χ1v) is 34.2. The molecule has 0 atom stereocenters. The summed E-state index contributed by atoms with van der Waals surface area (Å²) in [5.41, 5.74) is 30.7. The third kappa shape index (κ3) is 8.91. The van der Waals surface area contributed by atoms with Crippen molar-refractivity contribution in [1.29, 1.82) is 0 Å². The van der Waals surface area contributed by atoms with E-state index in [0.717, 1.165) is 45.4 Å². The minimum atomic E-state index is -0.316. The van der Waals surface area contributed by atoms with E-state index in [-0.39, 0.29) is 10.8 Å². The third-order valence-corrected chi connectivity index (χ3v) is 21.5. The summed E-state index contributed by atoms with van der Waals surface area (Å²) in [4.78, 5) is 4.91. The number of anilines is 6. The van der Waals surface area contributed by atoms with E-state index >= 15 is 0 Å². The van der Waals surface area contributed by atoms with E-state index in [1.165, 1.54) is 132 Å². The number of nitrogens with zero attached hydrogens (tertiary/aromatic N) is 4. The van der Waals surface area contributed by atoms with Crippen LogP contribution >= 0.6 is 0 Å². The number of hydrogen-bond acceptors (Lipinski definition) is 2. The molecule has 15 aromatic carbocycles. The normalized spacial score (nSPS) is 13.3. The van der Waals surface area contributed by atoms with E-state index in [1.54, 1.807) is 0 Å². The monoisotopic (exact) mass is 1250 g/mol. The van der Waals surface area contributed by atoms with Gasteiger partial charge in [0, 0.05) is 77.6 Å². The average molecular weight is 1250 g/mol. The molecule has 17 aromatic rings. The van der Waals surface area contributed by atoms with Crippen LogP contribution < -0.4 is 9.80 Å². The first-order valence-electron chi connectivity index (χ1n) is 34.2. The number of rotatable bonds is 11. The Labute approximate surface area is 571 Å². The van der Waals surface area contributed by atoms with Crippen molar-refractivity contribution in [2.24, 2.45) is 0 Å². The molecular formula is C94H68N4. The smallest absolute Gasteiger partial charge is 0.0547 e. The van der Waals surface area contributed by atoms with Crippen molar-refractivity contribution in [3.63, 3.8) is 0 Å². The zero-order chi connectivity index (χ0) is 65.4. The Bertz CT molecular complexity index is 5900. The third-order valence-electron chi connectivity index (χ3n) is 21.5. The van der Waals surface area contributed by atoms with Crippen molar-refractivity contribution < 1.29 is 0 Å². The molecule has 98 heavy (non-hydrogen) atoms. The lowest BCUT2D eigenvalue weighted by atomic mass is 9.82. The highest BCUT2D eigenvalue weighted by Crippen LogP contribution is 2.55. The molecule has 4 heteroatoms. The highest BCUT2D eigenvalue weighted by atomic mass is 15.1. The molecule has 2 aromatic heterocycles. The second-order valence-corrected chi connectivity index (χ2v) is 27.6. The Morgan fingerprint density at radius 1 is 0.235 bits per heavy atom. The predicted octanol–water partition coefficient (Wildman–Crippen LogP) is 25.6. The Morgan fingerprint density at radius 3 is 1.14 bits per heavy atom. The number of para-hydroxylation sites is 4. The molecule has 2 aliphatic rings. The Balaban J connectivity index is 0.704. The van der Waals surface area contributed by atoms with E-state index in [9.17, 15) is 0 Å². The van der Waals surface area contributed by atoms with Crippen molar-refractivity contribution in [2.45, 2.75) is 38.5 Å². The molecule has 19 rings (SSSR count). The summed E-state index contributed by atoms with van der Waals surface area (Å²) in [6, 6.07) is 126. The molecule has 2 heterocycles. The molecule has 0 bridgehead atoms. The van der Waals surface area contributed by atoms with Crippen LogP contribution in [0.3, 0.4) is 0 Å². The lowest BCUT2D eigenvalue weighted by Crippen LogP contribution is -2.17. The molecule has 0 fully saturated rings. The van der Waals surface area contributed by atoms with Crippen molar-refractivity contribution >= 4 is 88.5 Å². The van der Waals surface area contributed by atoms with Gasteiger partial charge in [-0.25, -0.2) is 0 Å². The first-order chi connectivity index (χ1) is 48.1. The zero-order valence-electron chi connectivity index (χ0n) is 55.1. The van der Waals surface area contributed by atoms with Gasteiger partial charge in [0.15, 0.2) is 0 Å². The first kappa shape index (κ1) is 57.2. The van der Waals surface area contributed by atoms with Gasteiger partial charge in [-0.2, -0.15) is 0 Å². The van der Waals surface area contributed by atoms with Gasteiger partial charge >= 0.3 is 0 Å². The number of hydrogen-bond donors (Lipinski definition) is 0. The van der Waals surface area contributed by atoms with Crippen LogP contribution in [0.25, 0.3) is 121 Å². The van der Waals surface area contributed by atoms with E-state index < -0.39 is 0 Å². The Morgan fingerprint density at radius 2 is 0.612 bits per heavy atom. The molecule has 464 valence electrons. The predicted molar refractivity (Wildman–Crippen MR) is 413 cm³/mol. The largest absolute Gasteiger partial charge is 0.310 e. The van der Waals surface area contributed by atoms with Crippen LogP contribution in [0, 0.1) is 0 Å². The van der Waals surface area contributed by atoms with Crippen molar-refractivity contribution in [1.82, 2.24) is 9.13 Å². The molecule has 0 saturated heterocycles. The molecule has 0 saturated carbocycles. The molecule has 0 radical (unpaired) electrons. The number of benzene rings is 15. The van der Waals surface area contributed by atoms with Gasteiger partial charge in [-0.05, 0) is 205 Å². The average Bonchev–Trinajstić information content (AvgIpc) is 1.58. The van der Waals surface area contributed by atoms with E-state index in [1.807, 2.05) is 0 Å². The van der Waals surface area contributed by atoms with E-state index in [4.69, 9.17) is 0 Å². The lowest BCUT2D eigenvalue weighted by Gasteiger charge is -2.29. The van der Waals surface area contributed by atoms with Gasteiger partial charge in [-0.3, -0.25) is 0 Å². The van der Waals surface area contributed by atoms with Gasteiger partial charge in [0.25, 0.3) is 0 Å². The SMILES string of the molecule is CC1(C)c2cc(N(c3ccccc3)c3cc(-c4cccc5c4c4ccccc4n5-c4ccc5c(c4)C(C)(C)c4cc(N(c6ccc(-c7ccccc7)cc6)c6ccc(-c7ccccc7)cc6)ccc4-5)cc4ccccc34)ccc2-c2ccc(-n3c4ccccc4c4ccccc43)cc21. The van der Waals surface area contributed by atoms with Gasteiger partial charge < -0.3 is 18.9 Å². The van der Waals surface area contributed by atoms with Crippen LogP contribution in [0.2, 0.25) is 0 Å². The topological polar surface area (TPSA) is 16.3 Å². The molecule has 0 spiro atoms. The van der Waals surface area contributed by atoms with Crippen molar-refractivity contribution in [3.8, 4) is 67.0 Å². The van der Waals surface area contributed by atoms with E-state index in [0.29, 0.717) is 0 Å². The maximum absolute atomic E-state index is 2.51. The van der Waals surface area contributed by atoms with Gasteiger partial charge in [-0.15, -0.1) is 0 Å². The van der Waals surface area contributed by atoms with Gasteiger partial charge in [0.05, 0.1) is 27.8 Å². The maximum atomic E-state index is 2.51. The molecule has 4 nitrogen and oxygen atoms in total. The van der Waals surface area contributed by atoms with Crippen LogP contribution in [0.15, 0.2) is 340 Å². The highest BCUT2D eigenvalue weighted by molar-refractivity contribution is 6.17. The zero-order valence-corrected chi connectivity index (χ0v) is 55.1. The Hall–Kier alpha value is -12.2. The quantitative estimate of drug-likeness (QED) is 0.128. The minimum Gasteiger partial charge on any atom is -0.310 e. The standard InChI is InChI=1S/C94H68N4/c1-93(2)83-57-70(95(68-43-39-63(40-44-68)61-23-8-5-9-24-61)69-45-41-64(42-46-69)62-25-10-6-11-26-62)47-51-76(83)79-54-50-73(60-86(79)93)98-89-37-21-18-33-82(89)92-75(34-22-38-90(92)98)66-55-65-27-14-15-30-74(65)91(56-66)96(67-28-12-7-13-29-67)71-48-52-77-78-53-49-72(59-85(78)94(3,4)84(77)58-71)97-87-35-19-16-31-80(87)81-32-17-20-36-88(81)97/h5-60H,1-4H3. The van der Waals surface area contributed by atoms with Crippen LogP contribution in [0.1, 0.15) is 49.9 Å². The summed E-state index contributed by atoms with van der Waals surface area (Å²) in [6.45, 7) is 9.63. The molecular weight excluding hydrogens is 1190 g/mol. The van der Waals surface area contributed by atoms with Gasteiger partial charge in [0.1, 0.15) is 0 Å². The number of aromatic nitrogens is 2. The molecule has 0 N–H and O–H groups in total. The van der Waals surface area contributed by atoms with Crippen LogP contribution in [-0.2, 0) is 10.8 Å². The van der Waals surface area contributed by atoms with Gasteiger partial charge in [-0.1, -0.05) is 246 Å². The fourth-order valence-electron chi connectivity index (χ4n) is 16.7. The second-order valence-electron chi connectivity index (χ2n) is 27.6. The van der Waals surface area contributed by atoms with Crippen molar-refractivity contribution in [2.75, 3.05) is 9.80 Å². The summed E-state index contributed by atoms with van der Waals surface area (Å²) in [5, 5.41) is 7.36. The summed E-state index contributed by atoms with van der Waals surface area (Å²) in [5.74, 6) is 0. The van der Waals surface area contributed by atoms with Gasteiger partial charge in [0.2, 0.25) is 0 Å². The molecule has 0 aliphatic heterocycles. The molecule has 0 amide bonds. The maximum Gasteiger partial charge on any atom is 0.0547 e. The summed E-state index contributed by atoms with van der Waals surface area (Å²) in [7, 11) is 0. The summed E-state index contributed by atoms with van der Waals surface area (Å²) in [6.07, 6.45) is 0. The lowest BCUT2D eigenvalue weighted by molar-refractivity contribution is 0.660. The fourth-order valence-corrected chi connectivity index (χ4v) is 16.7. The summed E-state index contributed by atoms with van der Waals surface area (Å²) >= 11 is 0. The van der Waals surface area contributed by atoms with Crippen molar-refractivity contribution in [3.05, 3.63) is 362 Å². The number of fused-ring (bicyclic) bond motifs is 13. The minimum absolute atomic E-state index is 0.288. The summed E-state index contributed by atoms with van der Waals surface area (Å²) < 4.78 is 4.95. The molecule has 0 unspecified atom stereocenters. The molecule has 2 aliphatic carbocycles. The Kier molecular flexibility index (Phi) is 12.9. The van der Waals surface area contributed by atoms with Crippen LogP contribution in [-0.4, -0.2) is 9.13 Å². The fraction of sp³-hybridized carbons (Fsp3) is 0.0638.